The highest BCUT2D eigenvalue weighted by atomic mass is 32.2. The highest BCUT2D eigenvalue weighted by Crippen LogP contribution is 2.17. The Labute approximate surface area is 110 Å². The monoisotopic (exact) mass is 286 g/mol. The summed E-state index contributed by atoms with van der Waals surface area (Å²) in [5.74, 6) is 1.82. The maximum atomic E-state index is 11.9. The standard InChI is InChI=1S/C11H14N2O3S2/c12-18(15,16)10-3-1-8(2-4-10)11(14)13-9-5-6-17-7-9/h1-4,9H,5-7H2,(H,13,14)(H2,12,15,16). The van der Waals surface area contributed by atoms with E-state index in [9.17, 15) is 13.2 Å². The molecule has 1 unspecified atom stereocenters. The number of nitrogens with one attached hydrogen (secondary N) is 1. The Kier molecular flexibility index (Phi) is 3.94. The zero-order valence-corrected chi connectivity index (χ0v) is 11.3. The quantitative estimate of drug-likeness (QED) is 0.850. The lowest BCUT2D eigenvalue weighted by Crippen LogP contribution is -2.34. The van der Waals surface area contributed by atoms with Crippen molar-refractivity contribution in [1.29, 1.82) is 0 Å². The van der Waals surface area contributed by atoms with E-state index in [0.29, 0.717) is 5.56 Å². The minimum absolute atomic E-state index is 0.00970. The molecule has 0 radical (unpaired) electrons. The fourth-order valence-electron chi connectivity index (χ4n) is 1.71. The van der Waals surface area contributed by atoms with E-state index in [1.165, 1.54) is 24.3 Å². The normalized spacial score (nSPS) is 19.7. The first kappa shape index (κ1) is 13.4. The molecule has 1 aliphatic rings. The summed E-state index contributed by atoms with van der Waals surface area (Å²) in [6.45, 7) is 0. The van der Waals surface area contributed by atoms with Gasteiger partial charge < -0.3 is 5.32 Å². The maximum Gasteiger partial charge on any atom is 0.251 e. The van der Waals surface area contributed by atoms with Gasteiger partial charge in [-0.05, 0) is 36.4 Å². The second-order valence-electron chi connectivity index (χ2n) is 4.10. The Hall–Kier alpha value is -1.05. The van der Waals surface area contributed by atoms with E-state index in [1.807, 2.05) is 11.8 Å². The molecule has 1 aromatic rings. The smallest absolute Gasteiger partial charge is 0.251 e. The van der Waals surface area contributed by atoms with Gasteiger partial charge in [0.2, 0.25) is 10.0 Å². The number of carbonyl (C=O) groups is 1. The molecule has 98 valence electrons. The second kappa shape index (κ2) is 5.29. The number of rotatable bonds is 3. The summed E-state index contributed by atoms with van der Waals surface area (Å²) >= 11 is 1.81. The molecule has 5 nitrogen and oxygen atoms in total. The molecule has 0 saturated carbocycles. The zero-order valence-electron chi connectivity index (χ0n) is 9.63. The fourth-order valence-corrected chi connectivity index (χ4v) is 3.38. The van der Waals surface area contributed by atoms with Crippen LogP contribution in [0.3, 0.4) is 0 Å². The summed E-state index contributed by atoms with van der Waals surface area (Å²) in [7, 11) is -3.70. The number of benzene rings is 1. The molecule has 0 aliphatic carbocycles. The molecule has 1 aliphatic heterocycles. The Bertz CT molecular complexity index is 534. The predicted molar refractivity (Wildman–Crippen MR) is 71.0 cm³/mol. The van der Waals surface area contributed by atoms with Crippen LogP contribution in [-0.4, -0.2) is 31.9 Å². The molecule has 7 heteroatoms. The number of nitrogens with two attached hydrogens (primary N) is 1. The first-order valence-corrected chi connectivity index (χ1v) is 8.18. The van der Waals surface area contributed by atoms with Gasteiger partial charge in [0.25, 0.3) is 5.91 Å². The van der Waals surface area contributed by atoms with Crippen molar-refractivity contribution in [2.45, 2.75) is 17.4 Å². The molecule has 1 amide bonds. The first-order valence-electron chi connectivity index (χ1n) is 5.48. The minimum atomic E-state index is -3.70. The highest BCUT2D eigenvalue weighted by molar-refractivity contribution is 7.99. The van der Waals surface area contributed by atoms with Crippen LogP contribution in [0.4, 0.5) is 0 Å². The number of sulfonamides is 1. The van der Waals surface area contributed by atoms with Gasteiger partial charge >= 0.3 is 0 Å². The van der Waals surface area contributed by atoms with Gasteiger partial charge in [0, 0.05) is 17.4 Å². The second-order valence-corrected chi connectivity index (χ2v) is 6.81. The summed E-state index contributed by atoms with van der Waals surface area (Å²) < 4.78 is 22.1. The lowest BCUT2D eigenvalue weighted by molar-refractivity contribution is 0.0941. The van der Waals surface area contributed by atoms with Crippen LogP contribution in [0.5, 0.6) is 0 Å². The van der Waals surface area contributed by atoms with Crippen LogP contribution in [-0.2, 0) is 10.0 Å². The molecule has 1 atom stereocenters. The summed E-state index contributed by atoms with van der Waals surface area (Å²) in [5.41, 5.74) is 0.444. The lowest BCUT2D eigenvalue weighted by atomic mass is 10.2. The molecule has 18 heavy (non-hydrogen) atoms. The molecule has 2 rings (SSSR count). The van der Waals surface area contributed by atoms with Gasteiger partial charge in [0.15, 0.2) is 0 Å². The van der Waals surface area contributed by atoms with E-state index in [4.69, 9.17) is 5.14 Å². The van der Waals surface area contributed by atoms with Crippen LogP contribution in [0.1, 0.15) is 16.8 Å². The van der Waals surface area contributed by atoms with Crippen molar-refractivity contribution in [2.75, 3.05) is 11.5 Å². The largest absolute Gasteiger partial charge is 0.348 e. The Morgan fingerprint density at radius 3 is 2.50 bits per heavy atom. The number of thioether (sulfide) groups is 1. The van der Waals surface area contributed by atoms with Crippen molar-refractivity contribution in [2.24, 2.45) is 5.14 Å². The minimum Gasteiger partial charge on any atom is -0.348 e. The van der Waals surface area contributed by atoms with Crippen molar-refractivity contribution in [3.8, 4) is 0 Å². The molecule has 0 bridgehead atoms. The SMILES string of the molecule is NS(=O)(=O)c1ccc(C(=O)NC2CCSC2)cc1. The van der Waals surface area contributed by atoms with E-state index in [1.54, 1.807) is 0 Å². The third kappa shape index (κ3) is 3.24. The average molecular weight is 286 g/mol. The molecule has 0 aromatic heterocycles. The Morgan fingerprint density at radius 1 is 1.33 bits per heavy atom. The summed E-state index contributed by atoms with van der Waals surface area (Å²) in [5, 5.41) is 7.90. The van der Waals surface area contributed by atoms with Crippen LogP contribution in [0.2, 0.25) is 0 Å². The van der Waals surface area contributed by atoms with Crippen LogP contribution in [0.15, 0.2) is 29.2 Å². The predicted octanol–water partition coefficient (Wildman–Crippen LogP) is 0.569. The van der Waals surface area contributed by atoms with Gasteiger partial charge in [-0.15, -0.1) is 0 Å². The average Bonchev–Trinajstić information content (AvgIpc) is 2.81. The molecule has 1 saturated heterocycles. The van der Waals surface area contributed by atoms with E-state index in [2.05, 4.69) is 5.32 Å². The van der Waals surface area contributed by atoms with Crippen molar-refractivity contribution >= 4 is 27.7 Å². The number of hydrogen-bond acceptors (Lipinski definition) is 4. The van der Waals surface area contributed by atoms with Crippen molar-refractivity contribution in [1.82, 2.24) is 5.32 Å². The molecule has 1 heterocycles. The number of hydrogen-bond donors (Lipinski definition) is 2. The van der Waals surface area contributed by atoms with Gasteiger partial charge in [-0.2, -0.15) is 11.8 Å². The topological polar surface area (TPSA) is 89.3 Å². The van der Waals surface area contributed by atoms with Crippen molar-refractivity contribution < 1.29 is 13.2 Å². The maximum absolute atomic E-state index is 11.9. The first-order chi connectivity index (χ1) is 8.47. The number of primary sulfonamides is 1. The Balaban J connectivity index is 2.07. The summed E-state index contributed by atoms with van der Waals surface area (Å²) in [6, 6.07) is 5.83. The highest BCUT2D eigenvalue weighted by Gasteiger charge is 2.18. The van der Waals surface area contributed by atoms with Gasteiger partial charge in [-0.25, -0.2) is 13.6 Å². The number of amides is 1. The van der Waals surface area contributed by atoms with Gasteiger partial charge in [-0.3, -0.25) is 4.79 Å². The van der Waals surface area contributed by atoms with Crippen molar-refractivity contribution in [3.63, 3.8) is 0 Å². The fraction of sp³-hybridized carbons (Fsp3) is 0.364. The molecule has 1 fully saturated rings. The van der Waals surface area contributed by atoms with Gasteiger partial charge in [-0.1, -0.05) is 0 Å². The lowest BCUT2D eigenvalue weighted by Gasteiger charge is -2.11. The molecule has 3 N–H and O–H groups in total. The molecule has 0 spiro atoms. The van der Waals surface area contributed by atoms with Gasteiger partial charge in [0.1, 0.15) is 0 Å². The van der Waals surface area contributed by atoms with E-state index >= 15 is 0 Å². The van der Waals surface area contributed by atoms with E-state index in [-0.39, 0.29) is 16.8 Å². The molecule has 1 aromatic carbocycles. The van der Waals surface area contributed by atoms with Crippen LogP contribution in [0.25, 0.3) is 0 Å². The number of carbonyl (C=O) groups excluding carboxylic acids is 1. The van der Waals surface area contributed by atoms with E-state index in [0.717, 1.165) is 17.9 Å². The molecular weight excluding hydrogens is 272 g/mol. The Morgan fingerprint density at radius 2 is 2.00 bits per heavy atom. The molecular formula is C11H14N2O3S2. The zero-order chi connectivity index (χ0) is 13.2. The summed E-state index contributed by atoms with van der Waals surface area (Å²) in [6.07, 6.45) is 0.978. The van der Waals surface area contributed by atoms with Gasteiger partial charge in [0.05, 0.1) is 4.90 Å². The van der Waals surface area contributed by atoms with Crippen LogP contribution < -0.4 is 10.5 Å². The van der Waals surface area contributed by atoms with Crippen molar-refractivity contribution in [3.05, 3.63) is 29.8 Å². The van der Waals surface area contributed by atoms with Crippen LogP contribution in [0, 0.1) is 0 Å². The third-order valence-corrected chi connectivity index (χ3v) is 4.80. The third-order valence-electron chi connectivity index (χ3n) is 2.71. The summed E-state index contributed by atoms with van der Waals surface area (Å²) in [4.78, 5) is 11.9. The van der Waals surface area contributed by atoms with Crippen LogP contribution >= 0.6 is 11.8 Å². The van der Waals surface area contributed by atoms with E-state index < -0.39 is 10.0 Å².